The van der Waals surface area contributed by atoms with Crippen LogP contribution in [0.5, 0.6) is 23.0 Å². The summed E-state index contributed by atoms with van der Waals surface area (Å²) in [4.78, 5) is 0. The maximum atomic E-state index is 9.49. The van der Waals surface area contributed by atoms with Crippen molar-refractivity contribution in [2.75, 3.05) is 26.1 Å². The van der Waals surface area contributed by atoms with Gasteiger partial charge in [0, 0.05) is 18.1 Å². The highest BCUT2D eigenvalue weighted by molar-refractivity contribution is 5.61. The Labute approximate surface area is 129 Å². The average Bonchev–Trinajstić information content (AvgIpc) is 2.55. The van der Waals surface area contributed by atoms with E-state index in [1.807, 2.05) is 18.2 Å². The summed E-state index contributed by atoms with van der Waals surface area (Å²) in [6, 6.07) is 10.8. The summed E-state index contributed by atoms with van der Waals surface area (Å²) < 4.78 is 16.7. The zero-order valence-electron chi connectivity index (χ0n) is 12.6. The van der Waals surface area contributed by atoms with Gasteiger partial charge in [-0.25, -0.2) is 0 Å². The summed E-state index contributed by atoms with van der Waals surface area (Å²) in [6.07, 6.45) is 0.686. The third-order valence-corrected chi connectivity index (χ3v) is 3.71. The Balaban J connectivity index is 1.78. The maximum absolute atomic E-state index is 9.49. The molecule has 0 saturated carbocycles. The number of phenols is 1. The molecule has 1 unspecified atom stereocenters. The van der Waals surface area contributed by atoms with Crippen LogP contribution in [0.15, 0.2) is 36.4 Å². The van der Waals surface area contributed by atoms with Gasteiger partial charge in [0.25, 0.3) is 0 Å². The highest BCUT2D eigenvalue weighted by Gasteiger charge is 2.21. The first kappa shape index (κ1) is 14.4. The summed E-state index contributed by atoms with van der Waals surface area (Å²) in [5.74, 6) is 2.59. The Hall–Kier alpha value is -2.56. The van der Waals surface area contributed by atoms with Gasteiger partial charge in [0.1, 0.15) is 29.1 Å². The van der Waals surface area contributed by atoms with Gasteiger partial charge in [-0.2, -0.15) is 0 Å². The zero-order chi connectivity index (χ0) is 15.5. The van der Waals surface area contributed by atoms with Crippen LogP contribution in [-0.2, 0) is 6.42 Å². The molecule has 1 atom stereocenters. The maximum Gasteiger partial charge on any atom is 0.143 e. The number of anilines is 1. The van der Waals surface area contributed by atoms with Crippen molar-refractivity contribution in [1.82, 2.24) is 0 Å². The van der Waals surface area contributed by atoms with Gasteiger partial charge >= 0.3 is 0 Å². The van der Waals surface area contributed by atoms with Crippen LogP contribution in [0.2, 0.25) is 0 Å². The lowest BCUT2D eigenvalue weighted by molar-refractivity contribution is 0.204. The van der Waals surface area contributed by atoms with Crippen LogP contribution in [0.25, 0.3) is 0 Å². The quantitative estimate of drug-likeness (QED) is 0.909. The highest BCUT2D eigenvalue weighted by atomic mass is 16.5. The highest BCUT2D eigenvalue weighted by Crippen LogP contribution is 2.34. The number of ether oxygens (including phenoxy) is 3. The van der Waals surface area contributed by atoms with Gasteiger partial charge in [0.2, 0.25) is 0 Å². The molecular formula is C17H19NO4. The Morgan fingerprint density at radius 3 is 2.82 bits per heavy atom. The van der Waals surface area contributed by atoms with Gasteiger partial charge in [-0.05, 0) is 30.3 Å². The fraction of sp³-hybridized carbons (Fsp3) is 0.294. The minimum absolute atomic E-state index is 0.0157. The van der Waals surface area contributed by atoms with Crippen molar-refractivity contribution < 1.29 is 19.3 Å². The van der Waals surface area contributed by atoms with Gasteiger partial charge in [-0.3, -0.25) is 0 Å². The van der Waals surface area contributed by atoms with E-state index in [2.05, 4.69) is 5.32 Å². The van der Waals surface area contributed by atoms with Crippen molar-refractivity contribution >= 4 is 5.69 Å². The Kier molecular flexibility index (Phi) is 3.96. The monoisotopic (exact) mass is 301 g/mol. The van der Waals surface area contributed by atoms with Crippen LogP contribution in [0, 0.1) is 0 Å². The molecule has 0 spiro atoms. The number of hydrogen-bond acceptors (Lipinski definition) is 5. The first-order valence-corrected chi connectivity index (χ1v) is 7.14. The summed E-state index contributed by atoms with van der Waals surface area (Å²) in [5.41, 5.74) is 1.85. The number of hydrogen-bond donors (Lipinski definition) is 2. The van der Waals surface area contributed by atoms with Gasteiger partial charge in [-0.15, -0.1) is 0 Å². The second kappa shape index (κ2) is 6.05. The molecule has 2 aromatic rings. The Bertz CT molecular complexity index is 672. The number of fused-ring (bicyclic) bond motifs is 1. The lowest BCUT2D eigenvalue weighted by Crippen LogP contribution is -2.32. The van der Waals surface area contributed by atoms with Crippen LogP contribution in [0.1, 0.15) is 5.56 Å². The normalized spacial score (nSPS) is 16.2. The largest absolute Gasteiger partial charge is 0.508 e. The zero-order valence-corrected chi connectivity index (χ0v) is 12.6. The van der Waals surface area contributed by atoms with Crippen LogP contribution in [0.3, 0.4) is 0 Å². The van der Waals surface area contributed by atoms with Crippen molar-refractivity contribution in [3.05, 3.63) is 42.0 Å². The lowest BCUT2D eigenvalue weighted by Gasteiger charge is -2.28. The molecule has 1 aliphatic rings. The van der Waals surface area contributed by atoms with E-state index in [1.165, 1.54) is 0 Å². The fourth-order valence-electron chi connectivity index (χ4n) is 2.60. The number of nitrogens with one attached hydrogen (secondary N) is 1. The van der Waals surface area contributed by atoms with Crippen LogP contribution in [0.4, 0.5) is 5.69 Å². The molecule has 3 rings (SSSR count). The first-order chi connectivity index (χ1) is 10.7. The number of benzene rings is 2. The molecule has 2 N–H and O–H groups in total. The van der Waals surface area contributed by atoms with Gasteiger partial charge < -0.3 is 24.6 Å². The van der Waals surface area contributed by atoms with Gasteiger partial charge in [0.15, 0.2) is 0 Å². The molecule has 0 aromatic heterocycles. The number of aromatic hydroxyl groups is 1. The Morgan fingerprint density at radius 1 is 1.18 bits per heavy atom. The third kappa shape index (κ3) is 2.88. The average molecular weight is 301 g/mol. The van der Waals surface area contributed by atoms with E-state index in [4.69, 9.17) is 14.2 Å². The molecule has 1 heterocycles. The second-order valence-corrected chi connectivity index (χ2v) is 5.18. The summed E-state index contributed by atoms with van der Waals surface area (Å²) in [5, 5.41) is 12.8. The van der Waals surface area contributed by atoms with Crippen molar-refractivity contribution in [2.24, 2.45) is 0 Å². The molecular weight excluding hydrogens is 282 g/mol. The minimum Gasteiger partial charge on any atom is -0.508 e. The molecule has 0 saturated heterocycles. The first-order valence-electron chi connectivity index (χ1n) is 7.14. The number of rotatable bonds is 4. The van der Waals surface area contributed by atoms with E-state index >= 15 is 0 Å². The number of methoxy groups -OCH3 is 2. The fourth-order valence-corrected chi connectivity index (χ4v) is 2.60. The van der Waals surface area contributed by atoms with E-state index in [0.29, 0.717) is 13.0 Å². The molecule has 116 valence electrons. The van der Waals surface area contributed by atoms with Crippen molar-refractivity contribution in [2.45, 2.75) is 12.5 Å². The van der Waals surface area contributed by atoms with Crippen molar-refractivity contribution in [3.63, 3.8) is 0 Å². The van der Waals surface area contributed by atoms with E-state index in [1.54, 1.807) is 32.4 Å². The standard InChI is InChI=1S/C17H19NO4/c1-20-13-4-6-16(21-2)11(7-13)8-14-10-18-15-9-12(19)3-5-17(15)22-14/h3-7,9,14,18-19H,8,10H2,1-2H3. The molecule has 2 aromatic carbocycles. The molecule has 0 aliphatic carbocycles. The van der Waals surface area contributed by atoms with E-state index < -0.39 is 0 Å². The van der Waals surface area contributed by atoms with Crippen LogP contribution >= 0.6 is 0 Å². The van der Waals surface area contributed by atoms with Crippen LogP contribution in [-0.4, -0.2) is 32.0 Å². The topological polar surface area (TPSA) is 60.0 Å². The SMILES string of the molecule is COc1ccc(OC)c(CC2CNc3cc(O)ccc3O2)c1. The molecule has 22 heavy (non-hydrogen) atoms. The summed E-state index contributed by atoms with van der Waals surface area (Å²) >= 11 is 0. The molecule has 5 heteroatoms. The predicted octanol–water partition coefficient (Wildman–Crippen LogP) is 2.83. The minimum atomic E-state index is -0.0157. The second-order valence-electron chi connectivity index (χ2n) is 5.18. The van der Waals surface area contributed by atoms with E-state index in [0.717, 1.165) is 28.5 Å². The molecule has 0 bridgehead atoms. The molecule has 0 amide bonds. The van der Waals surface area contributed by atoms with E-state index in [9.17, 15) is 5.11 Å². The Morgan fingerprint density at radius 2 is 2.05 bits per heavy atom. The van der Waals surface area contributed by atoms with Crippen molar-refractivity contribution in [1.29, 1.82) is 0 Å². The predicted molar refractivity (Wildman–Crippen MR) is 84.3 cm³/mol. The van der Waals surface area contributed by atoms with Crippen LogP contribution < -0.4 is 19.5 Å². The van der Waals surface area contributed by atoms with Crippen molar-refractivity contribution in [3.8, 4) is 23.0 Å². The van der Waals surface area contributed by atoms with E-state index in [-0.39, 0.29) is 11.9 Å². The van der Waals surface area contributed by atoms with Gasteiger partial charge in [0.05, 0.1) is 26.5 Å². The molecule has 5 nitrogen and oxygen atoms in total. The smallest absolute Gasteiger partial charge is 0.143 e. The summed E-state index contributed by atoms with van der Waals surface area (Å²) in [6.45, 7) is 0.664. The summed E-state index contributed by atoms with van der Waals surface area (Å²) in [7, 11) is 3.30. The molecule has 1 aliphatic heterocycles. The van der Waals surface area contributed by atoms with Gasteiger partial charge in [-0.1, -0.05) is 0 Å². The third-order valence-electron chi connectivity index (χ3n) is 3.71. The molecule has 0 fully saturated rings. The number of phenolic OH excluding ortho intramolecular Hbond substituents is 1. The molecule has 0 radical (unpaired) electrons. The lowest BCUT2D eigenvalue weighted by atomic mass is 10.0.